The molecule has 4 aliphatic rings. The molecule has 10 heterocycles. The fourth-order valence-corrected chi connectivity index (χ4v) is 11.8. The van der Waals surface area contributed by atoms with Crippen LogP contribution >= 0.6 is 0 Å². The normalized spacial score (nSPS) is 21.2. The highest BCUT2D eigenvalue weighted by Crippen LogP contribution is 2.41. The van der Waals surface area contributed by atoms with Crippen LogP contribution < -0.4 is 10.6 Å². The van der Waals surface area contributed by atoms with Crippen LogP contribution in [0.3, 0.4) is 0 Å². The van der Waals surface area contributed by atoms with E-state index in [2.05, 4.69) is 45.5 Å². The number of hydrogen-bond acceptors (Lipinski definition) is 14. The van der Waals surface area contributed by atoms with Crippen LogP contribution in [-0.2, 0) is 35.5 Å². The number of nitrogens with zero attached hydrogens (tertiary/aromatic N) is 12. The molecule has 18 heteroatoms. The smallest absolute Gasteiger partial charge is 0.257 e. The van der Waals surface area contributed by atoms with Crippen LogP contribution in [0.1, 0.15) is 124 Å². The molecule has 2 fully saturated rings. The summed E-state index contributed by atoms with van der Waals surface area (Å²) < 4.78 is 4.65. The van der Waals surface area contributed by atoms with Gasteiger partial charge in [-0.05, 0) is 124 Å². The predicted octanol–water partition coefficient (Wildman–Crippen LogP) is 8.24. The second-order valence-electron chi connectivity index (χ2n) is 20.9. The van der Waals surface area contributed by atoms with Gasteiger partial charge in [-0.1, -0.05) is 19.9 Å². The van der Waals surface area contributed by atoms with Gasteiger partial charge in [-0.3, -0.25) is 19.6 Å². The number of nitrogens with one attached hydrogen (secondary N) is 2. The van der Waals surface area contributed by atoms with E-state index in [1.165, 1.54) is 19.8 Å². The Kier molecular flexibility index (Phi) is 11.8. The van der Waals surface area contributed by atoms with Crippen molar-refractivity contribution < 1.29 is 19.8 Å². The van der Waals surface area contributed by atoms with Crippen molar-refractivity contribution in [3.05, 3.63) is 95.1 Å². The number of pyridine rings is 4. The highest BCUT2D eigenvalue weighted by molar-refractivity contribution is 6.08. The summed E-state index contributed by atoms with van der Waals surface area (Å²) in [4.78, 5) is 68.5. The Hall–Kier alpha value is -7.18. The molecule has 0 spiro atoms. The molecule has 0 bridgehead atoms. The summed E-state index contributed by atoms with van der Waals surface area (Å²) in [6.07, 6.45) is 18.5. The second kappa shape index (κ2) is 18.5. The molecule has 8 aromatic rings. The average molecular weight is 969 g/mol. The van der Waals surface area contributed by atoms with Gasteiger partial charge in [-0.2, -0.15) is 9.97 Å². The summed E-state index contributed by atoms with van der Waals surface area (Å²) in [5, 5.41) is 32.1. The van der Waals surface area contributed by atoms with Crippen LogP contribution in [0.4, 0.5) is 23.5 Å². The molecular formula is C54H60N14O4. The lowest BCUT2D eigenvalue weighted by atomic mass is 9.87. The number of aliphatic hydroxyl groups excluding tert-OH is 2. The minimum atomic E-state index is -1.48. The number of aromatic nitrogens is 10. The largest absolute Gasteiger partial charge is 0.384 e. The maximum absolute atomic E-state index is 14.1. The first-order valence-electron chi connectivity index (χ1n) is 25.7. The summed E-state index contributed by atoms with van der Waals surface area (Å²) in [7, 11) is 0. The lowest BCUT2D eigenvalue weighted by Crippen LogP contribution is -2.41. The number of carbonyl (C=O) groups is 2. The summed E-state index contributed by atoms with van der Waals surface area (Å²) in [5.41, 5.74) is 8.81. The summed E-state index contributed by atoms with van der Waals surface area (Å²) in [6.45, 7) is 9.83. The van der Waals surface area contributed by atoms with Gasteiger partial charge < -0.3 is 39.8 Å². The number of hydrogen-bond donors (Lipinski definition) is 4. The summed E-state index contributed by atoms with van der Waals surface area (Å²) >= 11 is 0. The van der Waals surface area contributed by atoms with E-state index in [-0.39, 0.29) is 17.6 Å². The molecule has 12 rings (SSSR count). The number of aliphatic hydroxyl groups is 2. The van der Waals surface area contributed by atoms with Crippen LogP contribution in [-0.4, -0.2) is 100 Å². The van der Waals surface area contributed by atoms with E-state index in [9.17, 15) is 19.8 Å². The van der Waals surface area contributed by atoms with Crippen LogP contribution in [0.5, 0.6) is 0 Å². The Balaban J connectivity index is 0.772. The molecule has 18 nitrogen and oxygen atoms in total. The number of fused-ring (bicyclic) bond motifs is 8. The monoisotopic (exact) mass is 968 g/mol. The minimum Gasteiger partial charge on any atom is -0.384 e. The predicted molar refractivity (Wildman–Crippen MR) is 274 cm³/mol. The van der Waals surface area contributed by atoms with Crippen molar-refractivity contribution >= 4 is 79.2 Å². The molecule has 2 aliphatic heterocycles. The first kappa shape index (κ1) is 45.9. The number of carbonyl (C=O) groups excluding carboxylic acids is 2. The SMILES string of the molecule is Cc1cncc2c1c1cnc(Nc3cc4c(cn3)CN(C(=O)C(O)c3cc5c6cnc(Nc7ccc8c(n7)CCN(C(=O)C(C)O)C8)nc6n(C6CCC(C)CC6)c5cn3)CC4)nc1n2C1CCC(C)CC1. The van der Waals surface area contributed by atoms with Gasteiger partial charge >= 0.3 is 0 Å². The fourth-order valence-electron chi connectivity index (χ4n) is 11.8. The first-order chi connectivity index (χ1) is 34.9. The quantitative estimate of drug-likeness (QED) is 0.107. The van der Waals surface area contributed by atoms with E-state index < -0.39 is 18.1 Å². The van der Waals surface area contributed by atoms with Gasteiger partial charge in [0.2, 0.25) is 11.9 Å². The molecule has 2 atom stereocenters. The molecule has 8 aromatic heterocycles. The molecule has 2 unspecified atom stereocenters. The van der Waals surface area contributed by atoms with Crippen molar-refractivity contribution in [3.63, 3.8) is 0 Å². The first-order valence-corrected chi connectivity index (χ1v) is 25.7. The van der Waals surface area contributed by atoms with Crippen molar-refractivity contribution in [2.24, 2.45) is 11.8 Å². The number of anilines is 4. The van der Waals surface area contributed by atoms with Crippen LogP contribution in [0.15, 0.2) is 61.4 Å². The average Bonchev–Trinajstić information content (AvgIpc) is 3.90. The summed E-state index contributed by atoms with van der Waals surface area (Å²) in [6, 6.07) is 8.18. The maximum atomic E-state index is 14.1. The number of aryl methyl sites for hydroxylation is 1. The number of amides is 2. The topological polar surface area (TPSA) is 218 Å². The standard InChI is InChI=1S/C54H60N14O4/c1-29-5-10-36(11-6-29)67-43-26-56-42(20-38(43)39-23-58-53(63-49(39)67)61-45-14-9-34-27-65(51(71)32(4)69)18-16-41(34)60-45)48(70)52(72)66-17-15-33-19-46(57-22-35(33)28-66)62-54-59-24-40-47-31(3)21-55-25-44(47)68(50(40)64-54)37-12-7-30(2)8-13-37/h9,14,19-26,29-30,32,36-37,48,69-70H,5-8,10-13,15-18,27-28H2,1-4H3,(H,57,59,62,64)(H,58,60,61,63). The molecule has 2 saturated carbocycles. The zero-order valence-electron chi connectivity index (χ0n) is 41.2. The van der Waals surface area contributed by atoms with Crippen LogP contribution in [0.25, 0.3) is 43.9 Å². The second-order valence-corrected chi connectivity index (χ2v) is 20.9. The van der Waals surface area contributed by atoms with E-state index in [0.717, 1.165) is 116 Å². The zero-order chi connectivity index (χ0) is 49.4. The maximum Gasteiger partial charge on any atom is 0.257 e. The van der Waals surface area contributed by atoms with E-state index >= 15 is 0 Å². The molecule has 4 N–H and O–H groups in total. The molecule has 0 saturated heterocycles. The molecular weight excluding hydrogens is 909 g/mol. The van der Waals surface area contributed by atoms with Crippen LogP contribution in [0, 0.1) is 18.8 Å². The molecule has 72 heavy (non-hydrogen) atoms. The summed E-state index contributed by atoms with van der Waals surface area (Å²) in [5.74, 6) is 2.75. The third-order valence-electron chi connectivity index (χ3n) is 15.9. The molecule has 2 amide bonds. The van der Waals surface area contributed by atoms with Crippen LogP contribution in [0.2, 0.25) is 0 Å². The van der Waals surface area contributed by atoms with Gasteiger partial charge in [0.05, 0.1) is 29.1 Å². The lowest BCUT2D eigenvalue weighted by molar-refractivity contribution is -0.141. The van der Waals surface area contributed by atoms with Crippen molar-refractivity contribution in [1.82, 2.24) is 58.8 Å². The third kappa shape index (κ3) is 8.32. The molecule has 2 aliphatic carbocycles. The van der Waals surface area contributed by atoms with E-state index in [1.807, 2.05) is 42.9 Å². The van der Waals surface area contributed by atoms with Gasteiger partial charge in [-0.15, -0.1) is 0 Å². The van der Waals surface area contributed by atoms with Crippen molar-refractivity contribution in [3.8, 4) is 0 Å². The Bertz CT molecular complexity index is 3430. The Labute approximate surface area is 416 Å². The van der Waals surface area contributed by atoms with Crippen molar-refractivity contribution in [2.75, 3.05) is 23.7 Å². The van der Waals surface area contributed by atoms with E-state index in [0.29, 0.717) is 74.5 Å². The van der Waals surface area contributed by atoms with Crippen molar-refractivity contribution in [2.45, 2.75) is 129 Å². The van der Waals surface area contributed by atoms with Gasteiger partial charge in [0.1, 0.15) is 29.0 Å². The molecule has 0 radical (unpaired) electrons. The van der Waals surface area contributed by atoms with E-state index in [4.69, 9.17) is 34.9 Å². The molecule has 0 aromatic carbocycles. The lowest BCUT2D eigenvalue weighted by Gasteiger charge is -2.30. The Morgan fingerprint density at radius 3 is 1.99 bits per heavy atom. The van der Waals surface area contributed by atoms with Gasteiger partial charge in [-0.25, -0.2) is 19.9 Å². The number of rotatable bonds is 9. The van der Waals surface area contributed by atoms with Gasteiger partial charge in [0, 0.05) is 96.7 Å². The van der Waals surface area contributed by atoms with Gasteiger partial charge in [0.15, 0.2) is 6.10 Å². The Morgan fingerprint density at radius 2 is 1.26 bits per heavy atom. The van der Waals surface area contributed by atoms with Gasteiger partial charge in [0.25, 0.3) is 11.8 Å². The minimum absolute atomic E-state index is 0.191. The fraction of sp³-hybridized carbons (Fsp3) is 0.444. The zero-order valence-corrected chi connectivity index (χ0v) is 41.2. The Morgan fingerprint density at radius 1 is 0.625 bits per heavy atom. The molecule has 370 valence electrons. The van der Waals surface area contributed by atoms with Crippen molar-refractivity contribution in [1.29, 1.82) is 0 Å². The third-order valence-corrected chi connectivity index (χ3v) is 15.9. The highest BCUT2D eigenvalue weighted by Gasteiger charge is 2.32. The highest BCUT2D eigenvalue weighted by atomic mass is 16.3. The van der Waals surface area contributed by atoms with E-state index in [1.54, 1.807) is 28.4 Å².